The molecule has 1 heterocycles. The van der Waals surface area contributed by atoms with Crippen molar-refractivity contribution in [1.29, 1.82) is 0 Å². The maximum atomic E-state index is 11.0. The fraction of sp³-hybridized carbons (Fsp3) is 0.500. The summed E-state index contributed by atoms with van der Waals surface area (Å²) < 4.78 is 4.79. The summed E-state index contributed by atoms with van der Waals surface area (Å²) in [6, 6.07) is 1.33. The molecule has 0 aliphatic carbocycles. The number of amides is 1. The highest BCUT2D eigenvalue weighted by atomic mass is 16.5. The summed E-state index contributed by atoms with van der Waals surface area (Å²) in [4.78, 5) is 21.6. The van der Waals surface area contributed by atoms with Crippen molar-refractivity contribution in [3.05, 3.63) is 17.5 Å². The summed E-state index contributed by atoms with van der Waals surface area (Å²) in [5.74, 6) is -1.16. The molecular formula is C10H15N3O4. The number of hydrogen-bond donors (Lipinski definition) is 3. The van der Waals surface area contributed by atoms with E-state index in [2.05, 4.69) is 10.5 Å². The Morgan fingerprint density at radius 3 is 2.71 bits per heavy atom. The Balaban J connectivity index is 2.46. The minimum Gasteiger partial charge on any atom is -0.476 e. The van der Waals surface area contributed by atoms with Gasteiger partial charge in [0, 0.05) is 12.6 Å². The van der Waals surface area contributed by atoms with Gasteiger partial charge in [-0.05, 0) is 13.8 Å². The molecule has 0 saturated carbocycles. The van der Waals surface area contributed by atoms with Crippen LogP contribution in [0.1, 0.15) is 30.1 Å². The maximum Gasteiger partial charge on any atom is 0.358 e. The van der Waals surface area contributed by atoms with Gasteiger partial charge in [0.2, 0.25) is 5.91 Å². The number of aromatic nitrogens is 1. The molecule has 1 aromatic heterocycles. The van der Waals surface area contributed by atoms with Gasteiger partial charge in [0.1, 0.15) is 0 Å². The van der Waals surface area contributed by atoms with Crippen LogP contribution in [0, 0.1) is 5.41 Å². The highest BCUT2D eigenvalue weighted by molar-refractivity contribution is 5.85. The smallest absolute Gasteiger partial charge is 0.358 e. The fourth-order valence-corrected chi connectivity index (χ4v) is 1.08. The molecule has 1 aromatic rings. The summed E-state index contributed by atoms with van der Waals surface area (Å²) in [6.07, 6.45) is 0. The van der Waals surface area contributed by atoms with Crippen molar-refractivity contribution in [2.75, 3.05) is 6.54 Å². The first-order valence-corrected chi connectivity index (χ1v) is 5.02. The third-order valence-corrected chi connectivity index (χ3v) is 2.31. The van der Waals surface area contributed by atoms with Crippen LogP contribution in [0.4, 0.5) is 0 Å². The number of primary amides is 1. The Kier molecular flexibility index (Phi) is 3.84. The van der Waals surface area contributed by atoms with Crippen LogP contribution < -0.4 is 11.1 Å². The van der Waals surface area contributed by atoms with E-state index in [0.29, 0.717) is 12.3 Å². The lowest BCUT2D eigenvalue weighted by Gasteiger charge is -2.20. The van der Waals surface area contributed by atoms with E-state index in [9.17, 15) is 9.59 Å². The predicted molar refractivity (Wildman–Crippen MR) is 58.1 cm³/mol. The first-order chi connectivity index (χ1) is 7.83. The van der Waals surface area contributed by atoms with Crippen LogP contribution in [0.25, 0.3) is 0 Å². The Morgan fingerprint density at radius 1 is 1.59 bits per heavy atom. The van der Waals surface area contributed by atoms with Crippen LogP contribution in [0.5, 0.6) is 0 Å². The van der Waals surface area contributed by atoms with Crippen molar-refractivity contribution in [3.63, 3.8) is 0 Å². The van der Waals surface area contributed by atoms with E-state index in [4.69, 9.17) is 15.4 Å². The van der Waals surface area contributed by atoms with Crippen molar-refractivity contribution >= 4 is 11.9 Å². The molecule has 0 saturated heterocycles. The van der Waals surface area contributed by atoms with Crippen LogP contribution in [-0.4, -0.2) is 28.7 Å². The van der Waals surface area contributed by atoms with Gasteiger partial charge in [-0.15, -0.1) is 0 Å². The Hall–Kier alpha value is -1.89. The van der Waals surface area contributed by atoms with Crippen LogP contribution in [0.3, 0.4) is 0 Å². The van der Waals surface area contributed by atoms with E-state index in [1.165, 1.54) is 6.07 Å². The number of carbonyl (C=O) groups is 2. The van der Waals surface area contributed by atoms with Crippen molar-refractivity contribution in [3.8, 4) is 0 Å². The number of nitrogens with two attached hydrogens (primary N) is 1. The molecule has 0 radical (unpaired) electrons. The SMILES string of the molecule is CC(C)(CNCc1cc(C(=O)O)no1)C(N)=O. The summed E-state index contributed by atoms with van der Waals surface area (Å²) in [6.45, 7) is 4.08. The molecule has 1 amide bonds. The molecule has 17 heavy (non-hydrogen) atoms. The molecule has 94 valence electrons. The van der Waals surface area contributed by atoms with E-state index in [0.717, 1.165) is 0 Å². The third kappa shape index (κ3) is 3.56. The van der Waals surface area contributed by atoms with E-state index in [-0.39, 0.29) is 12.2 Å². The van der Waals surface area contributed by atoms with Gasteiger partial charge in [0.05, 0.1) is 12.0 Å². The summed E-state index contributed by atoms with van der Waals surface area (Å²) in [7, 11) is 0. The number of nitrogens with one attached hydrogen (secondary N) is 1. The number of aromatic carboxylic acids is 1. The Labute approximate surface area is 98.0 Å². The van der Waals surface area contributed by atoms with E-state index >= 15 is 0 Å². The molecule has 4 N–H and O–H groups in total. The topological polar surface area (TPSA) is 118 Å². The number of carbonyl (C=O) groups excluding carboxylic acids is 1. The zero-order valence-corrected chi connectivity index (χ0v) is 9.69. The highest BCUT2D eigenvalue weighted by Gasteiger charge is 2.24. The molecule has 0 aliphatic rings. The summed E-state index contributed by atoms with van der Waals surface area (Å²) in [5, 5.41) is 14.9. The van der Waals surface area contributed by atoms with Gasteiger partial charge < -0.3 is 20.7 Å². The third-order valence-electron chi connectivity index (χ3n) is 2.31. The second-order valence-electron chi connectivity index (χ2n) is 4.34. The van der Waals surface area contributed by atoms with Crippen LogP contribution >= 0.6 is 0 Å². The molecule has 0 fully saturated rings. The minimum atomic E-state index is -1.14. The predicted octanol–water partition coefficient (Wildman–Crippen LogP) is -0.0261. The van der Waals surface area contributed by atoms with Gasteiger partial charge in [-0.3, -0.25) is 4.79 Å². The van der Waals surface area contributed by atoms with E-state index in [1.807, 2.05) is 0 Å². The zero-order valence-electron chi connectivity index (χ0n) is 9.69. The first-order valence-electron chi connectivity index (χ1n) is 5.02. The van der Waals surface area contributed by atoms with E-state index < -0.39 is 17.3 Å². The van der Waals surface area contributed by atoms with Crippen molar-refractivity contribution in [1.82, 2.24) is 10.5 Å². The average molecular weight is 241 g/mol. The van der Waals surface area contributed by atoms with E-state index in [1.54, 1.807) is 13.8 Å². The lowest BCUT2D eigenvalue weighted by atomic mass is 9.93. The largest absolute Gasteiger partial charge is 0.476 e. The highest BCUT2D eigenvalue weighted by Crippen LogP contribution is 2.12. The number of hydrogen-bond acceptors (Lipinski definition) is 5. The van der Waals surface area contributed by atoms with Crippen LogP contribution in [0.15, 0.2) is 10.6 Å². The van der Waals surface area contributed by atoms with Crippen LogP contribution in [0.2, 0.25) is 0 Å². The Bertz CT molecular complexity index is 425. The number of nitrogens with zero attached hydrogens (tertiary/aromatic N) is 1. The Morgan fingerprint density at radius 2 is 2.24 bits per heavy atom. The van der Waals surface area contributed by atoms with Crippen molar-refractivity contribution in [2.45, 2.75) is 20.4 Å². The molecule has 0 unspecified atom stereocenters. The molecule has 7 nitrogen and oxygen atoms in total. The second-order valence-corrected chi connectivity index (χ2v) is 4.34. The zero-order chi connectivity index (χ0) is 13.1. The minimum absolute atomic E-state index is 0.143. The lowest BCUT2D eigenvalue weighted by Crippen LogP contribution is -2.40. The van der Waals surface area contributed by atoms with Crippen LogP contribution in [-0.2, 0) is 11.3 Å². The average Bonchev–Trinajstić information content (AvgIpc) is 2.66. The number of rotatable bonds is 6. The van der Waals surface area contributed by atoms with Gasteiger partial charge in [-0.2, -0.15) is 0 Å². The molecule has 0 aromatic carbocycles. The first kappa shape index (κ1) is 13.2. The molecule has 0 aliphatic heterocycles. The summed E-state index contributed by atoms with van der Waals surface area (Å²) in [5.41, 5.74) is 4.39. The quantitative estimate of drug-likeness (QED) is 0.643. The fourth-order valence-electron chi connectivity index (χ4n) is 1.08. The molecular weight excluding hydrogens is 226 g/mol. The standard InChI is InChI=1S/C10H15N3O4/c1-10(2,9(11)16)5-12-4-6-3-7(8(14)15)13-17-6/h3,12H,4-5H2,1-2H3,(H2,11,16)(H,14,15). The number of carboxylic acid groups (broad SMARTS) is 1. The molecule has 7 heteroatoms. The lowest BCUT2D eigenvalue weighted by molar-refractivity contribution is -0.125. The van der Waals surface area contributed by atoms with Crippen molar-refractivity contribution < 1.29 is 19.2 Å². The second kappa shape index (κ2) is 4.96. The van der Waals surface area contributed by atoms with Gasteiger partial charge in [-0.1, -0.05) is 5.16 Å². The summed E-state index contributed by atoms with van der Waals surface area (Å²) >= 11 is 0. The van der Waals surface area contributed by atoms with Gasteiger partial charge in [0.25, 0.3) is 0 Å². The molecule has 0 atom stereocenters. The molecule has 1 rings (SSSR count). The molecule has 0 spiro atoms. The van der Waals surface area contributed by atoms with Crippen molar-refractivity contribution in [2.24, 2.45) is 11.1 Å². The molecule has 0 bridgehead atoms. The maximum absolute atomic E-state index is 11.0. The number of carboxylic acids is 1. The van der Waals surface area contributed by atoms with Gasteiger partial charge >= 0.3 is 5.97 Å². The van der Waals surface area contributed by atoms with Gasteiger partial charge in [0.15, 0.2) is 11.5 Å². The normalized spacial score (nSPS) is 11.4. The monoisotopic (exact) mass is 241 g/mol. The van der Waals surface area contributed by atoms with Gasteiger partial charge in [-0.25, -0.2) is 4.79 Å².